The maximum atomic E-state index is 12.2. The van der Waals surface area contributed by atoms with E-state index in [1.54, 1.807) is 24.2 Å². The number of nitrogens with zero attached hydrogens (tertiary/aromatic N) is 1. The van der Waals surface area contributed by atoms with Gasteiger partial charge in [0, 0.05) is 7.05 Å². The molecule has 0 saturated carbocycles. The molecule has 0 heterocycles. The Kier molecular flexibility index (Phi) is 5.11. The van der Waals surface area contributed by atoms with E-state index in [0.29, 0.717) is 0 Å². The number of urea groups is 1. The molecule has 6 heteroatoms. The van der Waals surface area contributed by atoms with Gasteiger partial charge in [-0.05, 0) is 17.7 Å². The number of rotatable bonds is 5. The third-order valence-electron chi connectivity index (χ3n) is 3.11. The normalized spacial score (nSPS) is 11.5. The van der Waals surface area contributed by atoms with E-state index in [9.17, 15) is 9.59 Å². The molecule has 4 N–H and O–H groups in total. The summed E-state index contributed by atoms with van der Waals surface area (Å²) >= 11 is 0. The van der Waals surface area contributed by atoms with E-state index < -0.39 is 18.0 Å². The van der Waals surface area contributed by atoms with Crippen molar-refractivity contribution in [2.24, 2.45) is 5.73 Å². The van der Waals surface area contributed by atoms with Crippen molar-refractivity contribution in [3.05, 3.63) is 66.2 Å². The summed E-state index contributed by atoms with van der Waals surface area (Å²) < 4.78 is 0. The van der Waals surface area contributed by atoms with Crippen molar-refractivity contribution in [2.45, 2.75) is 6.04 Å². The molecule has 114 valence electrons. The highest BCUT2D eigenvalue weighted by Gasteiger charge is 2.23. The molecule has 0 aliphatic rings. The predicted molar refractivity (Wildman–Crippen MR) is 84.9 cm³/mol. The fourth-order valence-corrected chi connectivity index (χ4v) is 2.04. The summed E-state index contributed by atoms with van der Waals surface area (Å²) in [6, 6.07) is 17.0. The summed E-state index contributed by atoms with van der Waals surface area (Å²) in [5.41, 5.74) is 9.72. The molecule has 6 nitrogen and oxygen atoms in total. The zero-order valence-electron chi connectivity index (χ0n) is 12.2. The number of amides is 3. The Balaban J connectivity index is 2.21. The van der Waals surface area contributed by atoms with Crippen LogP contribution in [0.1, 0.15) is 11.6 Å². The number of nitrogens with two attached hydrogens (primary N) is 1. The lowest BCUT2D eigenvalue weighted by Gasteiger charge is -2.26. The van der Waals surface area contributed by atoms with Crippen LogP contribution in [0.2, 0.25) is 0 Å². The van der Waals surface area contributed by atoms with E-state index in [2.05, 4.69) is 10.7 Å². The van der Waals surface area contributed by atoms with Crippen LogP contribution in [0.3, 0.4) is 0 Å². The quantitative estimate of drug-likeness (QED) is 0.731. The summed E-state index contributed by atoms with van der Waals surface area (Å²) in [5.74, 6) is -0.513. The van der Waals surface area contributed by atoms with Gasteiger partial charge in [-0.1, -0.05) is 48.5 Å². The molecule has 1 atom stereocenters. The number of nitrogens with one attached hydrogen (secondary N) is 2. The van der Waals surface area contributed by atoms with E-state index in [0.717, 1.165) is 11.3 Å². The minimum absolute atomic E-state index is 0.513. The maximum Gasteiger partial charge on any atom is 0.318 e. The van der Waals surface area contributed by atoms with Gasteiger partial charge in [0.05, 0.1) is 5.69 Å². The third kappa shape index (κ3) is 4.07. The van der Waals surface area contributed by atoms with Crippen LogP contribution in [0.15, 0.2) is 60.7 Å². The van der Waals surface area contributed by atoms with E-state index in [1.165, 1.54) is 0 Å². The second-order valence-corrected chi connectivity index (χ2v) is 4.72. The van der Waals surface area contributed by atoms with Crippen LogP contribution < -0.4 is 21.5 Å². The lowest BCUT2D eigenvalue weighted by molar-refractivity contribution is -0.122. The van der Waals surface area contributed by atoms with Crippen molar-refractivity contribution in [1.82, 2.24) is 10.7 Å². The SMILES string of the molecule is CN(N[C@@H](C(=O)NC(N)=O)c1ccccc1)c1ccccc1. The van der Waals surface area contributed by atoms with Gasteiger partial charge in [0.25, 0.3) is 5.91 Å². The van der Waals surface area contributed by atoms with Crippen molar-refractivity contribution in [1.29, 1.82) is 0 Å². The highest BCUT2D eigenvalue weighted by Crippen LogP contribution is 2.16. The van der Waals surface area contributed by atoms with Crippen molar-refractivity contribution in [3.8, 4) is 0 Å². The van der Waals surface area contributed by atoms with Crippen LogP contribution in [-0.2, 0) is 4.79 Å². The molecule has 0 fully saturated rings. The highest BCUT2D eigenvalue weighted by molar-refractivity contribution is 5.96. The summed E-state index contributed by atoms with van der Waals surface area (Å²) in [6.45, 7) is 0. The summed E-state index contributed by atoms with van der Waals surface area (Å²) in [5, 5.41) is 3.83. The molecule has 0 aliphatic carbocycles. The lowest BCUT2D eigenvalue weighted by Crippen LogP contribution is -2.47. The molecule has 0 aliphatic heterocycles. The van der Waals surface area contributed by atoms with Crippen LogP contribution >= 0.6 is 0 Å². The van der Waals surface area contributed by atoms with E-state index in [4.69, 9.17) is 5.73 Å². The Morgan fingerprint density at radius 3 is 2.09 bits per heavy atom. The van der Waals surface area contributed by atoms with Gasteiger partial charge in [-0.3, -0.25) is 10.1 Å². The zero-order chi connectivity index (χ0) is 15.9. The number of carbonyl (C=O) groups excluding carboxylic acids is 2. The zero-order valence-corrected chi connectivity index (χ0v) is 12.2. The Morgan fingerprint density at radius 1 is 1.00 bits per heavy atom. The molecular weight excluding hydrogens is 280 g/mol. The molecule has 2 rings (SSSR count). The Bertz CT molecular complexity index is 631. The molecule has 0 spiro atoms. The molecule has 0 bridgehead atoms. The fourth-order valence-electron chi connectivity index (χ4n) is 2.04. The maximum absolute atomic E-state index is 12.2. The Labute approximate surface area is 128 Å². The summed E-state index contributed by atoms with van der Waals surface area (Å²) in [4.78, 5) is 23.2. The van der Waals surface area contributed by atoms with Crippen LogP contribution in [0.25, 0.3) is 0 Å². The summed E-state index contributed by atoms with van der Waals surface area (Å²) in [6.07, 6.45) is 0. The first-order valence-electron chi connectivity index (χ1n) is 6.78. The molecule has 0 aromatic heterocycles. The number of hydrogen-bond donors (Lipinski definition) is 3. The van der Waals surface area contributed by atoms with Gasteiger partial charge in [-0.2, -0.15) is 0 Å². The molecule has 0 saturated heterocycles. The van der Waals surface area contributed by atoms with Gasteiger partial charge in [0.2, 0.25) is 0 Å². The van der Waals surface area contributed by atoms with Crippen molar-refractivity contribution < 1.29 is 9.59 Å². The molecule has 3 amide bonds. The standard InChI is InChI=1S/C16H18N4O2/c1-20(13-10-6-3-7-11-13)19-14(15(21)18-16(17)22)12-8-4-2-5-9-12/h2-11,14,19H,1H3,(H3,17,18,21,22)/t14-/m1/s1. The lowest BCUT2D eigenvalue weighted by atomic mass is 10.1. The molecule has 0 unspecified atom stereocenters. The van der Waals surface area contributed by atoms with Gasteiger partial charge in [-0.25, -0.2) is 10.2 Å². The monoisotopic (exact) mass is 298 g/mol. The number of carbonyl (C=O) groups is 2. The first-order valence-corrected chi connectivity index (χ1v) is 6.78. The highest BCUT2D eigenvalue weighted by atomic mass is 16.2. The van der Waals surface area contributed by atoms with Crippen LogP contribution in [-0.4, -0.2) is 19.0 Å². The fraction of sp³-hybridized carbons (Fsp3) is 0.125. The second kappa shape index (κ2) is 7.24. The van der Waals surface area contributed by atoms with Crippen LogP contribution in [0.4, 0.5) is 10.5 Å². The number of primary amides is 1. The smallest absolute Gasteiger partial charge is 0.318 e. The summed E-state index contributed by atoms with van der Waals surface area (Å²) in [7, 11) is 1.79. The van der Waals surface area contributed by atoms with Gasteiger partial charge < -0.3 is 10.7 Å². The van der Waals surface area contributed by atoms with Crippen molar-refractivity contribution in [3.63, 3.8) is 0 Å². The average Bonchev–Trinajstić information content (AvgIpc) is 2.53. The van der Waals surface area contributed by atoms with Gasteiger partial charge in [0.15, 0.2) is 0 Å². The predicted octanol–water partition coefficient (Wildman–Crippen LogP) is 1.56. The largest absolute Gasteiger partial charge is 0.351 e. The number of anilines is 1. The number of hydrazine groups is 1. The van der Waals surface area contributed by atoms with Gasteiger partial charge in [0.1, 0.15) is 6.04 Å². The van der Waals surface area contributed by atoms with E-state index in [1.807, 2.05) is 48.5 Å². The Morgan fingerprint density at radius 2 is 1.55 bits per heavy atom. The van der Waals surface area contributed by atoms with Crippen LogP contribution in [0, 0.1) is 0 Å². The number of hydrogen-bond acceptors (Lipinski definition) is 4. The third-order valence-corrected chi connectivity index (χ3v) is 3.11. The van der Waals surface area contributed by atoms with E-state index >= 15 is 0 Å². The molecule has 0 radical (unpaired) electrons. The van der Waals surface area contributed by atoms with E-state index in [-0.39, 0.29) is 0 Å². The van der Waals surface area contributed by atoms with Crippen LogP contribution in [0.5, 0.6) is 0 Å². The minimum Gasteiger partial charge on any atom is -0.351 e. The second-order valence-electron chi connectivity index (χ2n) is 4.72. The number of para-hydroxylation sites is 1. The Hall–Kier alpha value is -2.86. The van der Waals surface area contributed by atoms with Gasteiger partial charge >= 0.3 is 6.03 Å². The molecule has 2 aromatic carbocycles. The number of imide groups is 1. The van der Waals surface area contributed by atoms with Crippen molar-refractivity contribution >= 4 is 17.6 Å². The van der Waals surface area contributed by atoms with Gasteiger partial charge in [-0.15, -0.1) is 0 Å². The average molecular weight is 298 g/mol. The first kappa shape index (κ1) is 15.5. The minimum atomic E-state index is -0.880. The van der Waals surface area contributed by atoms with Crippen molar-refractivity contribution in [2.75, 3.05) is 12.1 Å². The molecule has 2 aromatic rings. The topological polar surface area (TPSA) is 87.5 Å². The molecule has 22 heavy (non-hydrogen) atoms. The first-order chi connectivity index (χ1) is 10.6. The number of benzene rings is 2. The molecular formula is C16H18N4O2.